The largest absolute Gasteiger partial charge is 0.294 e. The molecular formula is C13H19NO. The second-order valence-corrected chi connectivity index (χ2v) is 3.82. The molecule has 0 bridgehead atoms. The van der Waals surface area contributed by atoms with Crippen LogP contribution in [0.5, 0.6) is 0 Å². The van der Waals surface area contributed by atoms with Gasteiger partial charge in [-0.15, -0.1) is 0 Å². The molecule has 0 fully saturated rings. The van der Waals surface area contributed by atoms with Crippen molar-refractivity contribution in [1.29, 1.82) is 0 Å². The molecule has 0 aliphatic rings. The lowest BCUT2D eigenvalue weighted by atomic mass is 10.0. The second-order valence-electron chi connectivity index (χ2n) is 3.82. The Bertz CT molecular complexity index is 282. The smallest absolute Gasteiger partial charge is 0.162 e. The number of hydrogen-bond donors (Lipinski definition) is 0. The molecule has 0 saturated carbocycles. The summed E-state index contributed by atoms with van der Waals surface area (Å²) in [6, 6.07) is 3.57. The lowest BCUT2D eigenvalue weighted by molar-refractivity contribution is 0.0979. The number of pyridine rings is 1. The van der Waals surface area contributed by atoms with Gasteiger partial charge in [-0.25, -0.2) is 0 Å². The molecule has 0 saturated heterocycles. The Hall–Kier alpha value is -1.18. The van der Waals surface area contributed by atoms with E-state index in [0.29, 0.717) is 6.42 Å². The molecule has 0 aliphatic heterocycles. The molecule has 0 spiro atoms. The van der Waals surface area contributed by atoms with E-state index < -0.39 is 0 Å². The van der Waals surface area contributed by atoms with Gasteiger partial charge in [0.15, 0.2) is 5.78 Å². The monoisotopic (exact) mass is 205 g/mol. The Kier molecular flexibility index (Phi) is 5.67. The maximum atomic E-state index is 11.6. The van der Waals surface area contributed by atoms with E-state index in [9.17, 15) is 4.79 Å². The van der Waals surface area contributed by atoms with Crippen molar-refractivity contribution in [2.45, 2.75) is 45.4 Å². The number of rotatable bonds is 7. The van der Waals surface area contributed by atoms with Crippen LogP contribution in [0.4, 0.5) is 0 Å². The quantitative estimate of drug-likeness (QED) is 0.502. The summed E-state index contributed by atoms with van der Waals surface area (Å²) in [5.41, 5.74) is 0.792. The molecular weight excluding hydrogens is 186 g/mol. The molecule has 0 atom stereocenters. The summed E-state index contributed by atoms with van der Waals surface area (Å²) in [6.07, 6.45) is 9.98. The Morgan fingerprint density at radius 1 is 1.13 bits per heavy atom. The minimum Gasteiger partial charge on any atom is -0.294 e. The van der Waals surface area contributed by atoms with Gasteiger partial charge in [-0.3, -0.25) is 9.78 Å². The van der Waals surface area contributed by atoms with Gasteiger partial charge in [-0.2, -0.15) is 0 Å². The number of Topliss-reactive ketones (excluding diaryl/α,β-unsaturated/α-hetero) is 1. The van der Waals surface area contributed by atoms with Gasteiger partial charge in [0.05, 0.1) is 0 Å². The summed E-state index contributed by atoms with van der Waals surface area (Å²) >= 11 is 0. The Morgan fingerprint density at radius 2 is 1.80 bits per heavy atom. The van der Waals surface area contributed by atoms with E-state index >= 15 is 0 Å². The zero-order chi connectivity index (χ0) is 10.9. The molecule has 1 aromatic heterocycles. The third-order valence-corrected chi connectivity index (χ3v) is 2.51. The summed E-state index contributed by atoms with van der Waals surface area (Å²) in [4.78, 5) is 15.5. The van der Waals surface area contributed by atoms with Crippen LogP contribution in [0.3, 0.4) is 0 Å². The lowest BCUT2D eigenvalue weighted by Gasteiger charge is -2.00. The maximum Gasteiger partial charge on any atom is 0.162 e. The van der Waals surface area contributed by atoms with E-state index in [0.717, 1.165) is 12.0 Å². The van der Waals surface area contributed by atoms with Gasteiger partial charge in [0.2, 0.25) is 0 Å². The minimum absolute atomic E-state index is 0.244. The van der Waals surface area contributed by atoms with Gasteiger partial charge < -0.3 is 0 Å². The number of carbonyl (C=O) groups excluding carboxylic acids is 1. The van der Waals surface area contributed by atoms with Gasteiger partial charge in [0.1, 0.15) is 0 Å². The van der Waals surface area contributed by atoms with Crippen molar-refractivity contribution >= 4 is 5.78 Å². The van der Waals surface area contributed by atoms with Gasteiger partial charge in [-0.1, -0.05) is 32.6 Å². The molecule has 1 rings (SSSR count). The number of hydrogen-bond acceptors (Lipinski definition) is 2. The third kappa shape index (κ3) is 4.73. The van der Waals surface area contributed by atoms with Gasteiger partial charge >= 0.3 is 0 Å². The predicted octanol–water partition coefficient (Wildman–Crippen LogP) is 3.62. The fourth-order valence-corrected chi connectivity index (χ4v) is 1.57. The van der Waals surface area contributed by atoms with Crippen LogP contribution in [-0.4, -0.2) is 10.8 Å². The Morgan fingerprint density at radius 3 is 2.47 bits per heavy atom. The third-order valence-electron chi connectivity index (χ3n) is 2.51. The number of nitrogens with zero attached hydrogens (tertiary/aromatic N) is 1. The molecule has 0 radical (unpaired) electrons. The van der Waals surface area contributed by atoms with E-state index in [2.05, 4.69) is 11.9 Å². The van der Waals surface area contributed by atoms with Crippen molar-refractivity contribution < 1.29 is 4.79 Å². The van der Waals surface area contributed by atoms with Crippen LogP contribution in [0.25, 0.3) is 0 Å². The SMILES string of the molecule is CCCCCCCC(=O)c1ccncc1. The predicted molar refractivity (Wildman–Crippen MR) is 61.9 cm³/mol. The van der Waals surface area contributed by atoms with Crippen molar-refractivity contribution in [2.24, 2.45) is 0 Å². The van der Waals surface area contributed by atoms with Gasteiger partial charge in [0.25, 0.3) is 0 Å². The highest BCUT2D eigenvalue weighted by Gasteiger charge is 2.03. The van der Waals surface area contributed by atoms with Crippen molar-refractivity contribution in [2.75, 3.05) is 0 Å². The highest BCUT2D eigenvalue weighted by Crippen LogP contribution is 2.09. The van der Waals surface area contributed by atoms with Crippen molar-refractivity contribution in [3.8, 4) is 0 Å². The van der Waals surface area contributed by atoms with Crippen LogP contribution < -0.4 is 0 Å². The lowest BCUT2D eigenvalue weighted by Crippen LogP contribution is -1.98. The first-order valence-corrected chi connectivity index (χ1v) is 5.78. The average Bonchev–Trinajstić information content (AvgIpc) is 2.30. The van der Waals surface area contributed by atoms with Crippen molar-refractivity contribution in [3.63, 3.8) is 0 Å². The van der Waals surface area contributed by atoms with E-state index in [1.165, 1.54) is 25.7 Å². The van der Waals surface area contributed by atoms with E-state index in [1.54, 1.807) is 24.5 Å². The fraction of sp³-hybridized carbons (Fsp3) is 0.538. The molecule has 0 N–H and O–H groups in total. The topological polar surface area (TPSA) is 30.0 Å². The summed E-state index contributed by atoms with van der Waals surface area (Å²) in [7, 11) is 0. The number of aromatic nitrogens is 1. The fourth-order valence-electron chi connectivity index (χ4n) is 1.57. The Balaban J connectivity index is 2.20. The molecule has 0 amide bonds. The van der Waals surface area contributed by atoms with E-state index in [1.807, 2.05) is 0 Å². The molecule has 0 unspecified atom stereocenters. The number of unbranched alkanes of at least 4 members (excludes halogenated alkanes) is 4. The van der Waals surface area contributed by atoms with E-state index in [4.69, 9.17) is 0 Å². The minimum atomic E-state index is 0.244. The summed E-state index contributed by atoms with van der Waals surface area (Å²) in [5, 5.41) is 0. The second kappa shape index (κ2) is 7.16. The highest BCUT2D eigenvalue weighted by molar-refractivity contribution is 5.95. The van der Waals surface area contributed by atoms with Gasteiger partial charge in [-0.05, 0) is 18.6 Å². The molecule has 15 heavy (non-hydrogen) atoms. The summed E-state index contributed by atoms with van der Waals surface area (Å²) in [6.45, 7) is 2.20. The van der Waals surface area contributed by atoms with Crippen molar-refractivity contribution in [3.05, 3.63) is 30.1 Å². The normalized spacial score (nSPS) is 10.2. The molecule has 1 aromatic rings. The average molecular weight is 205 g/mol. The first-order chi connectivity index (χ1) is 7.34. The van der Waals surface area contributed by atoms with Crippen LogP contribution in [0.2, 0.25) is 0 Å². The Labute approximate surface area is 91.7 Å². The summed E-state index contributed by atoms with van der Waals surface area (Å²) in [5.74, 6) is 0.244. The zero-order valence-corrected chi connectivity index (χ0v) is 9.41. The van der Waals surface area contributed by atoms with Gasteiger partial charge in [0, 0.05) is 24.4 Å². The van der Waals surface area contributed by atoms with Crippen molar-refractivity contribution in [1.82, 2.24) is 4.98 Å². The first kappa shape index (κ1) is 11.9. The number of carbonyl (C=O) groups is 1. The van der Waals surface area contributed by atoms with Crippen LogP contribution in [-0.2, 0) is 0 Å². The number of ketones is 1. The maximum absolute atomic E-state index is 11.6. The molecule has 2 nitrogen and oxygen atoms in total. The molecule has 2 heteroatoms. The zero-order valence-electron chi connectivity index (χ0n) is 9.41. The molecule has 0 aromatic carbocycles. The highest BCUT2D eigenvalue weighted by atomic mass is 16.1. The van der Waals surface area contributed by atoms with Crippen LogP contribution in [0.1, 0.15) is 55.8 Å². The van der Waals surface area contributed by atoms with Crippen LogP contribution >= 0.6 is 0 Å². The first-order valence-electron chi connectivity index (χ1n) is 5.78. The molecule has 1 heterocycles. The summed E-state index contributed by atoms with van der Waals surface area (Å²) < 4.78 is 0. The molecule has 82 valence electrons. The van der Waals surface area contributed by atoms with Crippen LogP contribution in [0, 0.1) is 0 Å². The molecule has 0 aliphatic carbocycles. The van der Waals surface area contributed by atoms with E-state index in [-0.39, 0.29) is 5.78 Å². The standard InChI is InChI=1S/C13H19NO/c1-2-3-4-5-6-7-13(15)12-8-10-14-11-9-12/h8-11H,2-7H2,1H3. The van der Waals surface area contributed by atoms with Crippen LogP contribution in [0.15, 0.2) is 24.5 Å².